The molecule has 1 saturated heterocycles. The molecule has 4 rings (SSSR count). The summed E-state index contributed by atoms with van der Waals surface area (Å²) >= 11 is 12.4. The molecule has 0 bridgehead atoms. The van der Waals surface area contributed by atoms with Gasteiger partial charge in [0, 0.05) is 16.5 Å². The maximum absolute atomic E-state index is 14.4. The highest BCUT2D eigenvalue weighted by molar-refractivity contribution is 6.30. The van der Waals surface area contributed by atoms with Crippen LogP contribution in [-0.4, -0.2) is 46.0 Å². The highest BCUT2D eigenvalue weighted by Crippen LogP contribution is 2.44. The number of amides is 2. The lowest BCUT2D eigenvalue weighted by Crippen LogP contribution is -2.61. The number of nitrogens with zero attached hydrogens (tertiary/aromatic N) is 2. The van der Waals surface area contributed by atoms with Gasteiger partial charge in [-0.15, -0.1) is 0 Å². The molecular weight excluding hydrogens is 591 g/mol. The topological polar surface area (TPSA) is 132 Å². The Balaban J connectivity index is 1.82. The smallest absolute Gasteiger partial charge is 0.322 e. The van der Waals surface area contributed by atoms with Gasteiger partial charge in [-0.05, 0) is 66.4 Å². The van der Waals surface area contributed by atoms with Gasteiger partial charge >= 0.3 is 5.97 Å². The number of hydrogen-bond acceptors (Lipinski definition) is 6. The summed E-state index contributed by atoms with van der Waals surface area (Å²) in [4.78, 5) is 41.0. The number of aliphatic carboxylic acids is 1. The summed E-state index contributed by atoms with van der Waals surface area (Å²) in [5, 5.41) is 19.5. The minimum Gasteiger partial charge on any atom is -0.480 e. The lowest BCUT2D eigenvalue weighted by atomic mass is 9.88. The highest BCUT2D eigenvalue weighted by Gasteiger charge is 2.48. The molecule has 9 nitrogen and oxygen atoms in total. The molecular formula is C32H32Cl2N4O5. The second-order valence-corrected chi connectivity index (χ2v) is 11.2. The standard InChI is InChI=1S/C32H32Cl2N4O5/c1-3-4-26(30(39)37-36-19(2)32(41)42)38-28(22-9-13-24(33)14-10-22)29(23-11-15-25(34)16-12-23)43-27(31(38)40)17-20-5-7-21(18-35)8-6-20/h5-16,19,26-29,36H,3-4,17H2,1-2H3,(H,37,39)(H,41,42)/t19-,26+,27-,28+,29-/m1/s1. The van der Waals surface area contributed by atoms with Crippen molar-refractivity contribution < 1.29 is 24.2 Å². The molecule has 3 aromatic carbocycles. The fraction of sp³-hybridized carbons (Fsp3) is 0.312. The molecule has 1 fully saturated rings. The van der Waals surface area contributed by atoms with Crippen molar-refractivity contribution in [3.05, 3.63) is 105 Å². The molecule has 1 aliphatic rings. The van der Waals surface area contributed by atoms with E-state index in [4.69, 9.17) is 27.9 Å². The van der Waals surface area contributed by atoms with E-state index < -0.39 is 48.1 Å². The fourth-order valence-electron chi connectivity index (χ4n) is 5.07. The van der Waals surface area contributed by atoms with Crippen molar-refractivity contribution in [3.8, 4) is 6.07 Å². The van der Waals surface area contributed by atoms with Crippen LogP contribution in [0.2, 0.25) is 10.0 Å². The fourth-order valence-corrected chi connectivity index (χ4v) is 5.33. The number of rotatable bonds is 11. The Hall–Kier alpha value is -3.94. The number of carboxylic acid groups (broad SMARTS) is 1. The van der Waals surface area contributed by atoms with Crippen LogP contribution in [0.5, 0.6) is 0 Å². The van der Waals surface area contributed by atoms with Crippen LogP contribution in [0.1, 0.15) is 61.1 Å². The van der Waals surface area contributed by atoms with Crippen molar-refractivity contribution in [1.29, 1.82) is 5.26 Å². The zero-order valence-electron chi connectivity index (χ0n) is 23.7. The third-order valence-corrected chi connectivity index (χ3v) is 7.83. The van der Waals surface area contributed by atoms with Gasteiger partial charge in [-0.25, -0.2) is 5.43 Å². The minimum absolute atomic E-state index is 0.202. The number of benzene rings is 3. The lowest BCUT2D eigenvalue weighted by molar-refractivity contribution is -0.181. The largest absolute Gasteiger partial charge is 0.480 e. The molecule has 3 aromatic rings. The number of morpholine rings is 1. The number of halogens is 2. The molecule has 0 unspecified atom stereocenters. The maximum Gasteiger partial charge on any atom is 0.322 e. The van der Waals surface area contributed by atoms with Gasteiger partial charge in [0.05, 0.1) is 17.7 Å². The van der Waals surface area contributed by atoms with Gasteiger partial charge in [0.2, 0.25) is 0 Å². The van der Waals surface area contributed by atoms with Gasteiger partial charge in [0.25, 0.3) is 11.8 Å². The summed E-state index contributed by atoms with van der Waals surface area (Å²) in [7, 11) is 0. The molecule has 5 atom stereocenters. The van der Waals surface area contributed by atoms with Crippen molar-refractivity contribution >= 4 is 41.0 Å². The molecule has 0 aliphatic carbocycles. The first kappa shape index (κ1) is 32.0. The molecule has 11 heteroatoms. The first-order valence-corrected chi connectivity index (χ1v) is 14.6. The number of hydrazine groups is 1. The van der Waals surface area contributed by atoms with E-state index in [1.165, 1.54) is 6.92 Å². The van der Waals surface area contributed by atoms with E-state index in [0.717, 1.165) is 11.1 Å². The number of nitrogens with one attached hydrogen (secondary N) is 2. The molecule has 0 spiro atoms. The zero-order valence-corrected chi connectivity index (χ0v) is 25.2. The van der Waals surface area contributed by atoms with E-state index in [-0.39, 0.29) is 6.42 Å². The van der Waals surface area contributed by atoms with Crippen molar-refractivity contribution in [1.82, 2.24) is 15.8 Å². The Morgan fingerprint density at radius 2 is 1.58 bits per heavy atom. The van der Waals surface area contributed by atoms with Crippen LogP contribution in [0.3, 0.4) is 0 Å². The number of ether oxygens (including phenoxy) is 1. The van der Waals surface area contributed by atoms with Crippen LogP contribution in [0.25, 0.3) is 0 Å². The van der Waals surface area contributed by atoms with Crippen LogP contribution < -0.4 is 10.9 Å². The SMILES string of the molecule is CCC[C@@H](C(=O)NN[C@H](C)C(=O)O)N1C(=O)[C@@H](Cc2ccc(C#N)cc2)O[C@H](c2ccc(Cl)cc2)[C@@H]1c1ccc(Cl)cc1. The summed E-state index contributed by atoms with van der Waals surface area (Å²) < 4.78 is 6.59. The van der Waals surface area contributed by atoms with E-state index in [9.17, 15) is 24.8 Å². The molecule has 0 radical (unpaired) electrons. The highest BCUT2D eigenvalue weighted by atomic mass is 35.5. The minimum atomic E-state index is -1.14. The third-order valence-electron chi connectivity index (χ3n) is 7.32. The van der Waals surface area contributed by atoms with Crippen LogP contribution in [0.15, 0.2) is 72.8 Å². The zero-order chi connectivity index (χ0) is 31.1. The Morgan fingerprint density at radius 3 is 2.12 bits per heavy atom. The van der Waals surface area contributed by atoms with E-state index in [2.05, 4.69) is 16.9 Å². The average Bonchev–Trinajstić information content (AvgIpc) is 3.00. The van der Waals surface area contributed by atoms with Crippen molar-refractivity contribution in [2.75, 3.05) is 0 Å². The lowest BCUT2D eigenvalue weighted by Gasteiger charge is -2.47. The van der Waals surface area contributed by atoms with E-state index in [0.29, 0.717) is 34.0 Å². The number of hydrogen-bond donors (Lipinski definition) is 3. The summed E-state index contributed by atoms with van der Waals surface area (Å²) in [6, 6.07) is 20.4. The van der Waals surface area contributed by atoms with E-state index >= 15 is 0 Å². The summed E-state index contributed by atoms with van der Waals surface area (Å²) in [6.07, 6.45) is -0.585. The second kappa shape index (κ2) is 14.5. The molecule has 0 saturated carbocycles. The van der Waals surface area contributed by atoms with Crippen LogP contribution in [0, 0.1) is 11.3 Å². The Labute approximate surface area is 260 Å². The molecule has 1 aliphatic heterocycles. The Bertz CT molecular complexity index is 1480. The van der Waals surface area contributed by atoms with Gasteiger partial charge in [-0.2, -0.15) is 5.26 Å². The predicted octanol–water partition coefficient (Wildman–Crippen LogP) is 5.38. The Morgan fingerprint density at radius 1 is 1.00 bits per heavy atom. The van der Waals surface area contributed by atoms with Gasteiger partial charge < -0.3 is 14.7 Å². The summed E-state index contributed by atoms with van der Waals surface area (Å²) in [6.45, 7) is 3.30. The molecule has 2 amide bonds. The maximum atomic E-state index is 14.4. The van der Waals surface area contributed by atoms with Crippen LogP contribution in [0.4, 0.5) is 0 Å². The normalized spacial score (nSPS) is 19.7. The molecule has 43 heavy (non-hydrogen) atoms. The van der Waals surface area contributed by atoms with Gasteiger partial charge in [-0.1, -0.05) is 72.9 Å². The van der Waals surface area contributed by atoms with Crippen molar-refractivity contribution in [2.45, 2.75) is 63.4 Å². The monoisotopic (exact) mass is 622 g/mol. The molecule has 0 aromatic heterocycles. The van der Waals surface area contributed by atoms with Gasteiger partial charge in [0.15, 0.2) is 0 Å². The van der Waals surface area contributed by atoms with Crippen molar-refractivity contribution in [2.24, 2.45) is 0 Å². The first-order chi connectivity index (χ1) is 20.6. The van der Waals surface area contributed by atoms with Crippen LogP contribution >= 0.6 is 23.2 Å². The molecule has 1 heterocycles. The Kier molecular flexibility index (Phi) is 10.8. The first-order valence-electron chi connectivity index (χ1n) is 13.9. The van der Waals surface area contributed by atoms with Gasteiger partial charge in [0.1, 0.15) is 24.3 Å². The van der Waals surface area contributed by atoms with Gasteiger partial charge in [-0.3, -0.25) is 19.8 Å². The third kappa shape index (κ3) is 7.72. The number of carboxylic acids is 1. The number of nitriles is 1. The van der Waals surface area contributed by atoms with Crippen LogP contribution in [-0.2, 0) is 25.5 Å². The van der Waals surface area contributed by atoms with Crippen molar-refractivity contribution in [3.63, 3.8) is 0 Å². The predicted molar refractivity (Wildman–Crippen MR) is 162 cm³/mol. The quantitative estimate of drug-likeness (QED) is 0.245. The molecule has 224 valence electrons. The second-order valence-electron chi connectivity index (χ2n) is 10.3. The average molecular weight is 624 g/mol. The number of carbonyl (C=O) groups is 3. The van der Waals surface area contributed by atoms with E-state index in [1.54, 1.807) is 65.6 Å². The number of carbonyl (C=O) groups excluding carboxylic acids is 2. The summed E-state index contributed by atoms with van der Waals surface area (Å²) in [5.74, 6) is -2.08. The molecule has 3 N–H and O–H groups in total. The van der Waals surface area contributed by atoms with E-state index in [1.807, 2.05) is 19.1 Å². The summed E-state index contributed by atoms with van der Waals surface area (Å²) in [5.41, 5.74) is 7.76.